The number of hydrogen-bond acceptors (Lipinski definition) is 3. The highest BCUT2D eigenvalue weighted by Crippen LogP contribution is 2.22. The van der Waals surface area contributed by atoms with Crippen molar-refractivity contribution in [1.29, 1.82) is 0 Å². The standard InChI is InChI=1S/C15H27F3N2O2/c1-11(8-15(16,17)18)19-9-12-6-5-7-20(10-12)13(21)22-14(2,3)4/h11-12,19H,5-10H2,1-4H3. The molecule has 1 amide bonds. The smallest absolute Gasteiger partial charge is 0.410 e. The summed E-state index contributed by atoms with van der Waals surface area (Å²) in [6.07, 6.45) is -3.58. The zero-order valence-electron chi connectivity index (χ0n) is 13.8. The summed E-state index contributed by atoms with van der Waals surface area (Å²) in [5.41, 5.74) is -0.538. The predicted octanol–water partition coefficient (Wildman–Crippen LogP) is 3.56. The van der Waals surface area contributed by atoms with Crippen LogP contribution in [0.5, 0.6) is 0 Å². The third-order valence-corrected chi connectivity index (χ3v) is 3.46. The van der Waals surface area contributed by atoms with E-state index in [9.17, 15) is 18.0 Å². The minimum absolute atomic E-state index is 0.164. The zero-order valence-corrected chi connectivity index (χ0v) is 13.8. The molecule has 1 heterocycles. The fraction of sp³-hybridized carbons (Fsp3) is 0.933. The van der Waals surface area contributed by atoms with Gasteiger partial charge in [-0.3, -0.25) is 0 Å². The Bertz CT molecular complexity index is 367. The molecule has 130 valence electrons. The number of piperidine rings is 1. The predicted molar refractivity (Wildman–Crippen MR) is 78.7 cm³/mol. The fourth-order valence-electron chi connectivity index (χ4n) is 2.51. The second-order valence-corrected chi connectivity index (χ2v) is 7.06. The number of rotatable bonds is 4. The van der Waals surface area contributed by atoms with Crippen LogP contribution in [0.15, 0.2) is 0 Å². The number of nitrogens with one attached hydrogen (secondary N) is 1. The largest absolute Gasteiger partial charge is 0.444 e. The van der Waals surface area contributed by atoms with E-state index in [-0.39, 0.29) is 12.0 Å². The van der Waals surface area contributed by atoms with Crippen molar-refractivity contribution in [1.82, 2.24) is 10.2 Å². The molecule has 0 radical (unpaired) electrons. The maximum absolute atomic E-state index is 12.3. The summed E-state index contributed by atoms with van der Waals surface area (Å²) in [7, 11) is 0. The van der Waals surface area contributed by atoms with E-state index in [2.05, 4.69) is 5.32 Å². The molecule has 2 atom stereocenters. The molecule has 1 saturated heterocycles. The SMILES string of the molecule is CC(CC(F)(F)F)NCC1CCCN(C(=O)OC(C)(C)C)C1. The first-order chi connectivity index (χ1) is 9.96. The maximum Gasteiger partial charge on any atom is 0.410 e. The number of carbonyl (C=O) groups is 1. The summed E-state index contributed by atoms with van der Waals surface area (Å²) in [5, 5.41) is 2.92. The molecule has 7 heteroatoms. The van der Waals surface area contributed by atoms with E-state index in [0.717, 1.165) is 12.8 Å². The van der Waals surface area contributed by atoms with Crippen LogP contribution in [0.4, 0.5) is 18.0 Å². The van der Waals surface area contributed by atoms with Crippen LogP contribution < -0.4 is 5.32 Å². The van der Waals surface area contributed by atoms with Crippen LogP contribution in [0, 0.1) is 5.92 Å². The van der Waals surface area contributed by atoms with Gasteiger partial charge < -0.3 is 15.0 Å². The third kappa shape index (κ3) is 7.87. The molecule has 1 aliphatic heterocycles. The average Bonchev–Trinajstić information content (AvgIpc) is 2.32. The van der Waals surface area contributed by atoms with E-state index in [1.54, 1.807) is 4.90 Å². The quantitative estimate of drug-likeness (QED) is 0.859. The zero-order chi connectivity index (χ0) is 17.0. The first-order valence-corrected chi connectivity index (χ1v) is 7.74. The van der Waals surface area contributed by atoms with Gasteiger partial charge in [0.2, 0.25) is 0 Å². The Hall–Kier alpha value is -0.980. The van der Waals surface area contributed by atoms with E-state index in [0.29, 0.717) is 19.6 Å². The van der Waals surface area contributed by atoms with Crippen molar-refractivity contribution in [2.45, 2.75) is 64.8 Å². The van der Waals surface area contributed by atoms with Crippen molar-refractivity contribution in [3.63, 3.8) is 0 Å². The van der Waals surface area contributed by atoms with Crippen molar-refractivity contribution < 1.29 is 22.7 Å². The second-order valence-electron chi connectivity index (χ2n) is 7.06. The number of amides is 1. The second kappa shape index (κ2) is 7.53. The monoisotopic (exact) mass is 324 g/mol. The van der Waals surface area contributed by atoms with E-state index in [1.807, 2.05) is 20.8 Å². The summed E-state index contributed by atoms with van der Waals surface area (Å²) in [5.74, 6) is 0.164. The lowest BCUT2D eigenvalue weighted by atomic mass is 9.98. The van der Waals surface area contributed by atoms with Gasteiger partial charge in [-0.05, 0) is 53.0 Å². The Morgan fingerprint density at radius 3 is 2.55 bits per heavy atom. The van der Waals surface area contributed by atoms with Crippen molar-refractivity contribution in [2.75, 3.05) is 19.6 Å². The van der Waals surface area contributed by atoms with Crippen molar-refractivity contribution >= 4 is 6.09 Å². The van der Waals surface area contributed by atoms with Crippen LogP contribution in [0.2, 0.25) is 0 Å². The van der Waals surface area contributed by atoms with Crippen LogP contribution in [0.3, 0.4) is 0 Å². The molecule has 4 nitrogen and oxygen atoms in total. The molecule has 22 heavy (non-hydrogen) atoms. The molecule has 0 aromatic heterocycles. The van der Waals surface area contributed by atoms with Crippen LogP contribution in [0.25, 0.3) is 0 Å². The minimum atomic E-state index is -4.15. The molecule has 1 fully saturated rings. The number of likely N-dealkylation sites (tertiary alicyclic amines) is 1. The molecule has 1 aliphatic rings. The van der Waals surface area contributed by atoms with Gasteiger partial charge >= 0.3 is 12.3 Å². The number of ether oxygens (including phenoxy) is 1. The fourth-order valence-corrected chi connectivity index (χ4v) is 2.51. The molecule has 2 unspecified atom stereocenters. The molecule has 0 aromatic rings. The normalized spacial score (nSPS) is 21.6. The summed E-state index contributed by atoms with van der Waals surface area (Å²) in [6, 6.07) is -0.614. The van der Waals surface area contributed by atoms with Gasteiger partial charge in [-0.2, -0.15) is 13.2 Å². The van der Waals surface area contributed by atoms with Crippen LogP contribution in [0.1, 0.15) is 47.0 Å². The first-order valence-electron chi connectivity index (χ1n) is 7.74. The van der Waals surface area contributed by atoms with E-state index in [1.165, 1.54) is 6.92 Å². The lowest BCUT2D eigenvalue weighted by molar-refractivity contribution is -0.139. The molecule has 0 saturated carbocycles. The molecule has 0 aliphatic carbocycles. The maximum atomic E-state index is 12.3. The number of hydrogen-bond donors (Lipinski definition) is 1. The van der Waals surface area contributed by atoms with Gasteiger partial charge in [0.1, 0.15) is 5.60 Å². The average molecular weight is 324 g/mol. The Morgan fingerprint density at radius 2 is 2.00 bits per heavy atom. The van der Waals surface area contributed by atoms with Gasteiger partial charge in [-0.25, -0.2) is 4.79 Å². The van der Waals surface area contributed by atoms with Gasteiger partial charge in [0, 0.05) is 19.1 Å². The molecule has 0 bridgehead atoms. The molecule has 0 aromatic carbocycles. The highest BCUT2D eigenvalue weighted by atomic mass is 19.4. The Balaban J connectivity index is 2.39. The lowest BCUT2D eigenvalue weighted by Crippen LogP contribution is -2.46. The van der Waals surface area contributed by atoms with Crippen LogP contribution in [-0.2, 0) is 4.74 Å². The number of nitrogens with zero attached hydrogens (tertiary/aromatic N) is 1. The summed E-state index contributed by atoms with van der Waals surface area (Å²) in [4.78, 5) is 13.7. The van der Waals surface area contributed by atoms with Gasteiger partial charge in [0.15, 0.2) is 0 Å². The van der Waals surface area contributed by atoms with E-state index < -0.39 is 24.2 Å². The Labute approximate surface area is 130 Å². The van der Waals surface area contributed by atoms with Gasteiger partial charge in [-0.1, -0.05) is 0 Å². The van der Waals surface area contributed by atoms with Crippen molar-refractivity contribution in [3.05, 3.63) is 0 Å². The highest BCUT2D eigenvalue weighted by molar-refractivity contribution is 5.68. The van der Waals surface area contributed by atoms with Crippen molar-refractivity contribution in [2.24, 2.45) is 5.92 Å². The highest BCUT2D eigenvalue weighted by Gasteiger charge is 2.31. The number of halogens is 3. The Kier molecular flexibility index (Phi) is 6.52. The minimum Gasteiger partial charge on any atom is -0.444 e. The first kappa shape index (κ1) is 19.1. The molecule has 1 rings (SSSR count). The Morgan fingerprint density at radius 1 is 1.36 bits per heavy atom. The van der Waals surface area contributed by atoms with Gasteiger partial charge in [0.25, 0.3) is 0 Å². The molecule has 0 spiro atoms. The topological polar surface area (TPSA) is 41.6 Å². The molecular weight excluding hydrogens is 297 g/mol. The molecular formula is C15H27F3N2O2. The third-order valence-electron chi connectivity index (χ3n) is 3.46. The number of alkyl halides is 3. The number of carbonyl (C=O) groups excluding carboxylic acids is 1. The lowest BCUT2D eigenvalue weighted by Gasteiger charge is -2.34. The summed E-state index contributed by atoms with van der Waals surface area (Å²) in [6.45, 7) is 8.62. The van der Waals surface area contributed by atoms with E-state index in [4.69, 9.17) is 4.74 Å². The molecule has 1 N–H and O–H groups in total. The van der Waals surface area contributed by atoms with Gasteiger partial charge in [0.05, 0.1) is 6.42 Å². The summed E-state index contributed by atoms with van der Waals surface area (Å²) < 4.78 is 42.2. The van der Waals surface area contributed by atoms with Gasteiger partial charge in [-0.15, -0.1) is 0 Å². The van der Waals surface area contributed by atoms with Crippen LogP contribution in [-0.4, -0.2) is 48.4 Å². The van der Waals surface area contributed by atoms with Crippen LogP contribution >= 0.6 is 0 Å². The van der Waals surface area contributed by atoms with E-state index >= 15 is 0 Å². The van der Waals surface area contributed by atoms with Crippen molar-refractivity contribution in [3.8, 4) is 0 Å². The summed E-state index contributed by atoms with van der Waals surface area (Å²) >= 11 is 0.